The molecule has 0 aliphatic carbocycles. The first-order valence-corrected chi connectivity index (χ1v) is 6.74. The zero-order valence-corrected chi connectivity index (χ0v) is 11.6. The molecule has 3 atom stereocenters. The monoisotopic (exact) mass is 248 g/mol. The topological polar surface area (TPSA) is 38.5 Å². The van der Waals surface area contributed by atoms with Crippen molar-refractivity contribution in [1.82, 2.24) is 4.90 Å². The number of ether oxygens (including phenoxy) is 1. The largest absolute Gasteiger partial charge is 0.399 e. The Labute approximate surface area is 110 Å². The Morgan fingerprint density at radius 1 is 1.44 bits per heavy atom. The van der Waals surface area contributed by atoms with E-state index >= 15 is 0 Å². The summed E-state index contributed by atoms with van der Waals surface area (Å²) in [4.78, 5) is 2.49. The van der Waals surface area contributed by atoms with Crippen LogP contribution in [-0.4, -0.2) is 31.2 Å². The molecule has 3 unspecified atom stereocenters. The molecule has 0 spiro atoms. The van der Waals surface area contributed by atoms with Gasteiger partial charge in [-0.15, -0.1) is 0 Å². The first kappa shape index (κ1) is 13.4. The summed E-state index contributed by atoms with van der Waals surface area (Å²) >= 11 is 0. The minimum absolute atomic E-state index is 0.349. The van der Waals surface area contributed by atoms with E-state index in [0.717, 1.165) is 18.8 Å². The summed E-state index contributed by atoms with van der Waals surface area (Å²) in [5.74, 6) is 0.652. The van der Waals surface area contributed by atoms with Gasteiger partial charge < -0.3 is 10.5 Å². The minimum Gasteiger partial charge on any atom is -0.399 e. The second-order valence-corrected chi connectivity index (χ2v) is 5.38. The van der Waals surface area contributed by atoms with Crippen molar-refractivity contribution in [2.45, 2.75) is 32.4 Å². The lowest BCUT2D eigenvalue weighted by atomic mass is 9.93. The minimum atomic E-state index is 0.349. The summed E-state index contributed by atoms with van der Waals surface area (Å²) in [6.45, 7) is 6.67. The Hall–Kier alpha value is -1.06. The first-order valence-electron chi connectivity index (χ1n) is 6.74. The maximum Gasteiger partial charge on any atom is 0.0724 e. The number of rotatable bonds is 3. The number of hydrogen-bond donors (Lipinski definition) is 1. The van der Waals surface area contributed by atoms with E-state index in [-0.39, 0.29) is 0 Å². The van der Waals surface area contributed by atoms with Crippen LogP contribution in [0.3, 0.4) is 0 Å². The Kier molecular flexibility index (Phi) is 4.25. The number of piperidine rings is 1. The van der Waals surface area contributed by atoms with Gasteiger partial charge in [-0.2, -0.15) is 0 Å². The molecular weight excluding hydrogens is 224 g/mol. The van der Waals surface area contributed by atoms with Gasteiger partial charge in [0, 0.05) is 25.4 Å². The summed E-state index contributed by atoms with van der Waals surface area (Å²) in [5, 5.41) is 0. The molecule has 2 rings (SSSR count). The highest BCUT2D eigenvalue weighted by Gasteiger charge is 2.28. The van der Waals surface area contributed by atoms with Crippen molar-refractivity contribution in [3.8, 4) is 0 Å². The zero-order valence-electron chi connectivity index (χ0n) is 11.6. The smallest absolute Gasteiger partial charge is 0.0724 e. The third kappa shape index (κ3) is 2.85. The van der Waals surface area contributed by atoms with E-state index in [0.29, 0.717) is 18.1 Å². The van der Waals surface area contributed by atoms with E-state index < -0.39 is 0 Å². The molecule has 1 aromatic rings. The van der Waals surface area contributed by atoms with Crippen molar-refractivity contribution in [3.05, 3.63) is 29.8 Å². The van der Waals surface area contributed by atoms with E-state index in [2.05, 4.69) is 30.9 Å². The molecule has 100 valence electrons. The van der Waals surface area contributed by atoms with Gasteiger partial charge in [-0.25, -0.2) is 0 Å². The maximum absolute atomic E-state index is 5.86. The standard InChI is InChI=1S/C15H24N2O/c1-11-7-8-17(10-15(11)18-3)12(2)13-5-4-6-14(16)9-13/h4-6,9,11-12,15H,7-8,10,16H2,1-3H3. The van der Waals surface area contributed by atoms with Crippen molar-refractivity contribution in [2.75, 3.05) is 25.9 Å². The summed E-state index contributed by atoms with van der Waals surface area (Å²) in [5.41, 5.74) is 7.99. The molecule has 2 N–H and O–H groups in total. The van der Waals surface area contributed by atoms with Crippen LogP contribution < -0.4 is 5.73 Å². The molecule has 0 saturated carbocycles. The van der Waals surface area contributed by atoms with Gasteiger partial charge in [0.15, 0.2) is 0 Å². The molecule has 1 aliphatic rings. The summed E-state index contributed by atoms with van der Waals surface area (Å²) in [6, 6.07) is 8.60. The second-order valence-electron chi connectivity index (χ2n) is 5.38. The summed E-state index contributed by atoms with van der Waals surface area (Å²) in [7, 11) is 1.82. The molecule has 18 heavy (non-hydrogen) atoms. The van der Waals surface area contributed by atoms with E-state index in [1.54, 1.807) is 0 Å². The molecule has 1 aliphatic heterocycles. The predicted octanol–water partition coefficient (Wildman–Crippen LogP) is 2.69. The third-order valence-electron chi connectivity index (χ3n) is 4.16. The Morgan fingerprint density at radius 2 is 2.22 bits per heavy atom. The van der Waals surface area contributed by atoms with Crippen molar-refractivity contribution in [3.63, 3.8) is 0 Å². The average Bonchev–Trinajstić information content (AvgIpc) is 2.38. The summed E-state index contributed by atoms with van der Waals surface area (Å²) in [6.07, 6.45) is 1.55. The van der Waals surface area contributed by atoms with Crippen LogP contribution in [0.15, 0.2) is 24.3 Å². The fourth-order valence-corrected chi connectivity index (χ4v) is 2.75. The number of hydrogen-bond acceptors (Lipinski definition) is 3. The lowest BCUT2D eigenvalue weighted by Crippen LogP contribution is -2.44. The van der Waals surface area contributed by atoms with Crippen LogP contribution in [0.1, 0.15) is 31.9 Å². The molecule has 0 amide bonds. The van der Waals surface area contributed by atoms with Crippen LogP contribution in [0.25, 0.3) is 0 Å². The average molecular weight is 248 g/mol. The highest BCUT2D eigenvalue weighted by Crippen LogP contribution is 2.28. The molecule has 1 saturated heterocycles. The number of nitrogen functional groups attached to an aromatic ring is 1. The molecule has 0 radical (unpaired) electrons. The van der Waals surface area contributed by atoms with Gasteiger partial charge >= 0.3 is 0 Å². The first-order chi connectivity index (χ1) is 8.61. The van der Waals surface area contributed by atoms with Gasteiger partial charge in [0.1, 0.15) is 0 Å². The molecule has 3 heteroatoms. The molecule has 0 aromatic heterocycles. The number of likely N-dealkylation sites (tertiary alicyclic amines) is 1. The molecule has 1 heterocycles. The lowest BCUT2D eigenvalue weighted by Gasteiger charge is -2.39. The second kappa shape index (κ2) is 5.72. The van der Waals surface area contributed by atoms with Gasteiger partial charge in [0.2, 0.25) is 0 Å². The van der Waals surface area contributed by atoms with E-state index in [9.17, 15) is 0 Å². The van der Waals surface area contributed by atoms with Gasteiger partial charge in [-0.3, -0.25) is 4.90 Å². The molecule has 1 aromatic carbocycles. The van der Waals surface area contributed by atoms with Crippen LogP contribution in [-0.2, 0) is 4.74 Å². The molecule has 1 fully saturated rings. The van der Waals surface area contributed by atoms with E-state index in [1.807, 2.05) is 19.2 Å². The van der Waals surface area contributed by atoms with Crippen LogP contribution in [0.2, 0.25) is 0 Å². The van der Waals surface area contributed by atoms with Gasteiger partial charge in [-0.1, -0.05) is 19.1 Å². The Bertz CT molecular complexity index is 394. The predicted molar refractivity (Wildman–Crippen MR) is 75.4 cm³/mol. The number of benzene rings is 1. The van der Waals surface area contributed by atoms with E-state index in [1.165, 1.54) is 12.0 Å². The van der Waals surface area contributed by atoms with Gasteiger partial charge in [0.05, 0.1) is 6.10 Å². The van der Waals surface area contributed by atoms with Crippen LogP contribution >= 0.6 is 0 Å². The van der Waals surface area contributed by atoms with Crippen molar-refractivity contribution in [1.29, 1.82) is 0 Å². The highest BCUT2D eigenvalue weighted by molar-refractivity contribution is 5.41. The van der Waals surface area contributed by atoms with Crippen LogP contribution in [0.5, 0.6) is 0 Å². The normalized spacial score (nSPS) is 27.1. The number of anilines is 1. The lowest BCUT2D eigenvalue weighted by molar-refractivity contribution is -0.0170. The fourth-order valence-electron chi connectivity index (χ4n) is 2.75. The SMILES string of the molecule is COC1CN(C(C)c2cccc(N)c2)CCC1C. The molecule has 0 bridgehead atoms. The van der Waals surface area contributed by atoms with Crippen molar-refractivity contribution >= 4 is 5.69 Å². The van der Waals surface area contributed by atoms with Crippen LogP contribution in [0, 0.1) is 5.92 Å². The third-order valence-corrected chi connectivity index (χ3v) is 4.16. The van der Waals surface area contributed by atoms with Gasteiger partial charge in [0.25, 0.3) is 0 Å². The Morgan fingerprint density at radius 3 is 2.89 bits per heavy atom. The van der Waals surface area contributed by atoms with Crippen molar-refractivity contribution < 1.29 is 4.74 Å². The number of methoxy groups -OCH3 is 1. The number of nitrogens with zero attached hydrogens (tertiary/aromatic N) is 1. The van der Waals surface area contributed by atoms with Crippen molar-refractivity contribution in [2.24, 2.45) is 5.92 Å². The van der Waals surface area contributed by atoms with Crippen LogP contribution in [0.4, 0.5) is 5.69 Å². The number of nitrogens with two attached hydrogens (primary N) is 1. The maximum atomic E-state index is 5.86. The molecule has 3 nitrogen and oxygen atoms in total. The summed E-state index contributed by atoms with van der Waals surface area (Å²) < 4.78 is 5.58. The molecular formula is C15H24N2O. The van der Waals surface area contributed by atoms with Gasteiger partial charge in [-0.05, 0) is 43.5 Å². The Balaban J connectivity index is 2.07. The fraction of sp³-hybridized carbons (Fsp3) is 0.600. The quantitative estimate of drug-likeness (QED) is 0.836. The highest BCUT2D eigenvalue weighted by atomic mass is 16.5. The van der Waals surface area contributed by atoms with E-state index in [4.69, 9.17) is 10.5 Å². The zero-order chi connectivity index (χ0) is 13.1.